The molecule has 0 aromatic heterocycles. The Morgan fingerprint density at radius 2 is 1.69 bits per heavy atom. The highest BCUT2D eigenvalue weighted by Gasteiger charge is 2.66. The highest BCUT2D eigenvalue weighted by atomic mass is 16.5. The second kappa shape index (κ2) is 7.34. The van der Waals surface area contributed by atoms with Crippen LogP contribution in [0.3, 0.4) is 0 Å². The average molecular weight is 481 g/mol. The fourth-order valence-corrected chi connectivity index (χ4v) is 8.87. The molecule has 3 fully saturated rings. The Balaban J connectivity index is 1.59. The lowest BCUT2D eigenvalue weighted by atomic mass is 9.35. The molecule has 3 saturated carbocycles. The number of hydrogen-bond donors (Lipinski definition) is 4. The van der Waals surface area contributed by atoms with Gasteiger partial charge in [-0.1, -0.05) is 45.4 Å². The van der Waals surface area contributed by atoms with E-state index in [1.807, 2.05) is 6.92 Å². The van der Waals surface area contributed by atoms with Gasteiger partial charge in [-0.2, -0.15) is 0 Å². The predicted octanol–water partition coefficient (Wildman–Crippen LogP) is 6.05. The molecule has 5 aliphatic rings. The number of carbonyl (C=O) groups excluding carboxylic acids is 2. The minimum atomic E-state index is -0.538. The molecule has 4 N–H and O–H groups in total. The number of aliphatic hydroxyl groups is 1. The molecular weight excluding hydrogens is 440 g/mol. The van der Waals surface area contributed by atoms with Crippen molar-refractivity contribution in [1.29, 1.82) is 0 Å². The van der Waals surface area contributed by atoms with Crippen molar-refractivity contribution in [3.63, 3.8) is 0 Å². The van der Waals surface area contributed by atoms with Crippen molar-refractivity contribution < 1.29 is 19.9 Å². The molecule has 190 valence electrons. The molecule has 0 bridgehead atoms. The van der Waals surface area contributed by atoms with E-state index in [1.54, 1.807) is 11.6 Å². The summed E-state index contributed by atoms with van der Waals surface area (Å²) in [5.74, 6) is -0.0141. The van der Waals surface area contributed by atoms with E-state index in [9.17, 15) is 14.7 Å². The normalized spacial score (nSPS) is 44.6. The lowest BCUT2D eigenvalue weighted by Gasteiger charge is -2.70. The van der Waals surface area contributed by atoms with E-state index in [0.717, 1.165) is 56.1 Å². The number of ketones is 1. The number of rotatable bonds is 1. The Morgan fingerprint density at radius 1 is 1.00 bits per heavy atom. The topological polar surface area (TPSA) is 98.7 Å². The first-order valence-electron chi connectivity index (χ1n) is 13.1. The summed E-state index contributed by atoms with van der Waals surface area (Å²) >= 11 is 0. The van der Waals surface area contributed by atoms with Crippen molar-refractivity contribution in [2.24, 2.45) is 27.6 Å². The van der Waals surface area contributed by atoms with Crippen LogP contribution in [0.1, 0.15) is 86.5 Å². The standard InChI is InChI=1S/C29H40N2O4/c1-17-18-7-8-21-27(4,19(18)15-20(32)23(17)33)12-14-29(6)22-16-26(3,30-24(34)31-35)11-9-25(22,2)10-13-28(21,29)5/h7-8,15,22,33,35H,9-14,16H2,1-6H3,(H2,30,31,34)/t22-,25-,26-,27+,28-,29+/m1/s1. The van der Waals surface area contributed by atoms with E-state index in [1.165, 1.54) is 5.57 Å². The minimum absolute atomic E-state index is 0.0298. The largest absolute Gasteiger partial charge is 0.504 e. The van der Waals surface area contributed by atoms with Crippen LogP contribution in [-0.4, -0.2) is 27.7 Å². The van der Waals surface area contributed by atoms with Gasteiger partial charge in [0.25, 0.3) is 0 Å². The highest BCUT2D eigenvalue weighted by Crippen LogP contribution is 2.75. The summed E-state index contributed by atoms with van der Waals surface area (Å²) < 4.78 is 0. The van der Waals surface area contributed by atoms with Gasteiger partial charge in [0.1, 0.15) is 0 Å². The van der Waals surface area contributed by atoms with Crippen molar-refractivity contribution in [3.05, 3.63) is 46.3 Å². The van der Waals surface area contributed by atoms with Gasteiger partial charge in [0, 0.05) is 16.5 Å². The van der Waals surface area contributed by atoms with E-state index < -0.39 is 6.03 Å². The molecule has 0 saturated heterocycles. The second-order valence-corrected chi connectivity index (χ2v) is 13.2. The third kappa shape index (κ3) is 3.11. The molecule has 5 rings (SSSR count). The molecule has 0 unspecified atom stereocenters. The zero-order valence-electron chi connectivity index (χ0n) is 22.0. The summed E-state index contributed by atoms with van der Waals surface area (Å²) in [6, 6.07) is -0.538. The molecule has 0 aliphatic heterocycles. The Kier molecular flexibility index (Phi) is 5.11. The zero-order valence-corrected chi connectivity index (χ0v) is 22.0. The molecule has 5 aliphatic carbocycles. The van der Waals surface area contributed by atoms with Gasteiger partial charge in [0.05, 0.1) is 0 Å². The summed E-state index contributed by atoms with van der Waals surface area (Å²) in [6.07, 6.45) is 13.1. The fourth-order valence-electron chi connectivity index (χ4n) is 8.87. The number of aliphatic hydroxyl groups excluding tert-OH is 1. The Hall–Kier alpha value is -2.34. The first kappa shape index (κ1) is 24.4. The van der Waals surface area contributed by atoms with E-state index in [-0.39, 0.29) is 38.7 Å². The van der Waals surface area contributed by atoms with Gasteiger partial charge in [-0.15, -0.1) is 0 Å². The lowest BCUT2D eigenvalue weighted by molar-refractivity contribution is -0.153. The maximum atomic E-state index is 12.6. The molecule has 0 heterocycles. The SMILES string of the molecule is CC1=C(O)C(=O)C=C2C1=CC=C1[C@@]2(C)CC[C@@]2(C)[C@@H]3C[C@](C)(NC(=O)NO)CC[C@]3(C)CC[C@]12C. The fraction of sp³-hybridized carbons (Fsp3) is 0.655. The summed E-state index contributed by atoms with van der Waals surface area (Å²) in [5.41, 5.74) is 5.46. The van der Waals surface area contributed by atoms with Crippen LogP contribution in [-0.2, 0) is 4.79 Å². The third-order valence-corrected chi connectivity index (χ3v) is 11.4. The monoisotopic (exact) mass is 480 g/mol. The molecule has 6 atom stereocenters. The van der Waals surface area contributed by atoms with Crippen LogP contribution in [0, 0.1) is 27.6 Å². The van der Waals surface area contributed by atoms with Crippen molar-refractivity contribution in [1.82, 2.24) is 10.8 Å². The zero-order chi connectivity index (χ0) is 25.6. The van der Waals surface area contributed by atoms with Gasteiger partial charge < -0.3 is 10.4 Å². The summed E-state index contributed by atoms with van der Waals surface area (Å²) in [7, 11) is 0. The van der Waals surface area contributed by atoms with Crippen molar-refractivity contribution in [3.8, 4) is 0 Å². The predicted molar refractivity (Wildman–Crippen MR) is 135 cm³/mol. The highest BCUT2D eigenvalue weighted by molar-refractivity contribution is 6.06. The second-order valence-electron chi connectivity index (χ2n) is 13.2. The maximum Gasteiger partial charge on any atom is 0.338 e. The van der Waals surface area contributed by atoms with Crippen LogP contribution in [0.4, 0.5) is 4.79 Å². The molecule has 0 aromatic rings. The number of carbonyl (C=O) groups is 2. The van der Waals surface area contributed by atoms with Gasteiger partial charge in [-0.05, 0) is 98.2 Å². The van der Waals surface area contributed by atoms with Crippen LogP contribution < -0.4 is 10.8 Å². The van der Waals surface area contributed by atoms with Gasteiger partial charge in [0.15, 0.2) is 5.76 Å². The minimum Gasteiger partial charge on any atom is -0.504 e. The van der Waals surface area contributed by atoms with Crippen molar-refractivity contribution >= 4 is 11.8 Å². The molecule has 0 aromatic carbocycles. The van der Waals surface area contributed by atoms with Crippen LogP contribution in [0.5, 0.6) is 0 Å². The van der Waals surface area contributed by atoms with Crippen LogP contribution in [0.25, 0.3) is 0 Å². The molecule has 2 amide bonds. The quantitative estimate of drug-likeness (QED) is 0.271. The smallest absolute Gasteiger partial charge is 0.338 e. The van der Waals surface area contributed by atoms with Crippen molar-refractivity contribution in [2.75, 3.05) is 0 Å². The van der Waals surface area contributed by atoms with E-state index in [4.69, 9.17) is 5.21 Å². The van der Waals surface area contributed by atoms with Crippen LogP contribution in [0.15, 0.2) is 46.3 Å². The van der Waals surface area contributed by atoms with Crippen molar-refractivity contribution in [2.45, 2.75) is 92.0 Å². The van der Waals surface area contributed by atoms with E-state index in [2.05, 4.69) is 52.1 Å². The number of fused-ring (bicyclic) bond motifs is 7. The molecule has 6 heteroatoms. The van der Waals surface area contributed by atoms with E-state index in [0.29, 0.717) is 11.5 Å². The van der Waals surface area contributed by atoms with Gasteiger partial charge in [0.2, 0.25) is 5.78 Å². The first-order chi connectivity index (χ1) is 16.2. The van der Waals surface area contributed by atoms with E-state index >= 15 is 0 Å². The molecule has 0 spiro atoms. The average Bonchev–Trinajstić information content (AvgIpc) is 2.81. The summed E-state index contributed by atoms with van der Waals surface area (Å²) in [6.45, 7) is 13.6. The number of amides is 2. The molecule has 35 heavy (non-hydrogen) atoms. The Bertz CT molecular complexity index is 1150. The van der Waals surface area contributed by atoms with Gasteiger partial charge >= 0.3 is 6.03 Å². The van der Waals surface area contributed by atoms with Gasteiger partial charge in [-0.25, -0.2) is 10.3 Å². The third-order valence-electron chi connectivity index (χ3n) is 11.4. The number of urea groups is 1. The van der Waals surface area contributed by atoms with Crippen LogP contribution in [0.2, 0.25) is 0 Å². The van der Waals surface area contributed by atoms with Gasteiger partial charge in [-0.3, -0.25) is 10.0 Å². The number of allylic oxidation sites excluding steroid dienone is 7. The first-order valence-corrected chi connectivity index (χ1v) is 13.1. The molecular formula is C29H40N2O4. The number of nitrogens with one attached hydrogen (secondary N) is 2. The Labute approximate surface area is 208 Å². The number of hydroxylamine groups is 1. The molecule has 0 radical (unpaired) electrons. The summed E-state index contributed by atoms with van der Waals surface area (Å²) in [4.78, 5) is 24.7. The Morgan fingerprint density at radius 3 is 2.37 bits per heavy atom. The summed E-state index contributed by atoms with van der Waals surface area (Å²) in [5, 5.41) is 22.5. The number of hydrogen-bond acceptors (Lipinski definition) is 4. The van der Waals surface area contributed by atoms with Crippen LogP contribution >= 0.6 is 0 Å². The maximum absolute atomic E-state index is 12.6. The molecule has 6 nitrogen and oxygen atoms in total. The lowest BCUT2D eigenvalue weighted by Crippen LogP contribution is -2.64.